The Morgan fingerprint density at radius 2 is 2.15 bits per heavy atom. The molecule has 4 nitrogen and oxygen atoms in total. The maximum absolute atomic E-state index is 10.6. The third kappa shape index (κ3) is 4.27. The largest absolute Gasteiger partial charge is 1.00 e. The molecule has 1 unspecified atom stereocenters. The first-order valence-electron chi connectivity index (χ1n) is 4.25. The van der Waals surface area contributed by atoms with Crippen molar-refractivity contribution in [1.29, 1.82) is 0 Å². The van der Waals surface area contributed by atoms with Gasteiger partial charge in [0.05, 0.1) is 0 Å². The van der Waals surface area contributed by atoms with Crippen LogP contribution in [-0.2, 0) is 10.3 Å². The molecule has 72 valence electrons. The second-order valence-electron chi connectivity index (χ2n) is 3.23. The van der Waals surface area contributed by atoms with E-state index in [1.54, 1.807) is 0 Å². The Hall–Kier alpha value is 0.870. The van der Waals surface area contributed by atoms with Gasteiger partial charge in [-0.3, -0.25) is 0 Å². The van der Waals surface area contributed by atoms with Crippen LogP contribution in [0.1, 0.15) is 26.2 Å². The average molecular weight is 215 g/mol. The van der Waals surface area contributed by atoms with Crippen molar-refractivity contribution < 1.29 is 42.5 Å². The standard InChI is InChI=1S/C7H15NO3S.Na/c1-2-7-4-3-5-8(6-7)12(9,10)11;/h7H,2-6H2,1H3,(H,9,10,11);/q;+1/p-1. The van der Waals surface area contributed by atoms with Crippen LogP contribution in [0.3, 0.4) is 0 Å². The molecule has 0 aromatic rings. The number of piperidine rings is 1. The molecule has 0 aromatic carbocycles. The van der Waals surface area contributed by atoms with Crippen LogP contribution in [0.4, 0.5) is 0 Å². The zero-order valence-electron chi connectivity index (χ0n) is 8.19. The van der Waals surface area contributed by atoms with Gasteiger partial charge in [-0.25, -0.2) is 12.7 Å². The summed E-state index contributed by atoms with van der Waals surface area (Å²) in [7, 11) is -4.19. The van der Waals surface area contributed by atoms with Crippen LogP contribution in [0.2, 0.25) is 0 Å². The summed E-state index contributed by atoms with van der Waals surface area (Å²) >= 11 is 0. The SMILES string of the molecule is CCC1CCCN(S(=O)(=O)[O-])C1.[Na+]. The monoisotopic (exact) mass is 215 g/mol. The maximum atomic E-state index is 10.6. The summed E-state index contributed by atoms with van der Waals surface area (Å²) in [6.07, 6.45) is 2.81. The van der Waals surface area contributed by atoms with E-state index in [1.807, 2.05) is 6.92 Å². The van der Waals surface area contributed by atoms with Crippen LogP contribution in [0, 0.1) is 5.92 Å². The molecule has 0 aliphatic carbocycles. The third-order valence-electron chi connectivity index (χ3n) is 2.38. The van der Waals surface area contributed by atoms with Gasteiger partial charge in [0.1, 0.15) is 0 Å². The Bertz CT molecular complexity index is 242. The second-order valence-corrected chi connectivity index (χ2v) is 4.60. The van der Waals surface area contributed by atoms with E-state index in [0.717, 1.165) is 23.6 Å². The van der Waals surface area contributed by atoms with Crippen molar-refractivity contribution >= 4 is 10.3 Å². The van der Waals surface area contributed by atoms with Crippen molar-refractivity contribution in [2.75, 3.05) is 13.1 Å². The Balaban J connectivity index is 0.00000144. The Morgan fingerprint density at radius 1 is 1.54 bits per heavy atom. The van der Waals surface area contributed by atoms with E-state index in [0.29, 0.717) is 19.0 Å². The number of rotatable bonds is 2. The van der Waals surface area contributed by atoms with Crippen LogP contribution >= 0.6 is 0 Å². The summed E-state index contributed by atoms with van der Waals surface area (Å²) in [5, 5.41) is 0. The molecule has 0 saturated carbocycles. The fourth-order valence-corrected chi connectivity index (χ4v) is 2.31. The van der Waals surface area contributed by atoms with Gasteiger partial charge in [-0.05, 0) is 18.8 Å². The summed E-state index contributed by atoms with van der Waals surface area (Å²) in [5.41, 5.74) is 0. The Morgan fingerprint density at radius 3 is 2.62 bits per heavy atom. The normalized spacial score (nSPS) is 25.2. The molecule has 1 atom stereocenters. The van der Waals surface area contributed by atoms with Crippen molar-refractivity contribution in [1.82, 2.24) is 4.31 Å². The van der Waals surface area contributed by atoms with Crippen LogP contribution in [0.5, 0.6) is 0 Å². The van der Waals surface area contributed by atoms with Gasteiger partial charge in [-0.15, -0.1) is 0 Å². The van der Waals surface area contributed by atoms with Crippen LogP contribution in [0.15, 0.2) is 0 Å². The van der Waals surface area contributed by atoms with Gasteiger partial charge >= 0.3 is 29.6 Å². The minimum atomic E-state index is -4.19. The van der Waals surface area contributed by atoms with E-state index in [9.17, 15) is 13.0 Å². The van der Waals surface area contributed by atoms with Gasteiger partial charge in [-0.1, -0.05) is 13.3 Å². The van der Waals surface area contributed by atoms with E-state index in [2.05, 4.69) is 0 Å². The first-order chi connectivity index (χ1) is 5.54. The van der Waals surface area contributed by atoms with Crippen LogP contribution in [0.25, 0.3) is 0 Å². The van der Waals surface area contributed by atoms with E-state index in [-0.39, 0.29) is 29.6 Å². The van der Waals surface area contributed by atoms with Crippen molar-refractivity contribution in [2.24, 2.45) is 5.92 Å². The van der Waals surface area contributed by atoms with Gasteiger partial charge in [0, 0.05) is 13.1 Å². The molecule has 0 aromatic heterocycles. The second kappa shape index (κ2) is 5.68. The number of hydrogen-bond acceptors (Lipinski definition) is 3. The van der Waals surface area contributed by atoms with Gasteiger partial charge in [-0.2, -0.15) is 0 Å². The fourth-order valence-electron chi connectivity index (χ4n) is 1.56. The number of hydrogen-bond donors (Lipinski definition) is 0. The fraction of sp³-hybridized carbons (Fsp3) is 1.00. The molecule has 0 spiro atoms. The van der Waals surface area contributed by atoms with Gasteiger partial charge in [0.2, 0.25) is 0 Å². The smallest absolute Gasteiger partial charge is 0.735 e. The minimum absolute atomic E-state index is 0. The van der Waals surface area contributed by atoms with Crippen LogP contribution in [-0.4, -0.2) is 30.4 Å². The van der Waals surface area contributed by atoms with Gasteiger partial charge < -0.3 is 4.55 Å². The number of nitrogens with zero attached hydrogens (tertiary/aromatic N) is 1. The van der Waals surface area contributed by atoms with Crippen LogP contribution < -0.4 is 29.6 Å². The van der Waals surface area contributed by atoms with E-state index in [4.69, 9.17) is 0 Å². The summed E-state index contributed by atoms with van der Waals surface area (Å²) < 4.78 is 32.9. The summed E-state index contributed by atoms with van der Waals surface area (Å²) in [5.74, 6) is 0.377. The first-order valence-corrected chi connectivity index (χ1v) is 5.61. The first kappa shape index (κ1) is 13.9. The molecule has 0 N–H and O–H groups in total. The summed E-state index contributed by atoms with van der Waals surface area (Å²) in [4.78, 5) is 0. The Labute approximate surface area is 102 Å². The molecule has 0 amide bonds. The molecule has 0 bridgehead atoms. The zero-order chi connectivity index (χ0) is 9.19. The molecule has 1 aliphatic heterocycles. The van der Waals surface area contributed by atoms with Gasteiger partial charge in [0.25, 0.3) is 0 Å². The quantitative estimate of drug-likeness (QED) is 0.380. The van der Waals surface area contributed by atoms with E-state index < -0.39 is 10.3 Å². The third-order valence-corrected chi connectivity index (χ3v) is 3.34. The molecule has 1 rings (SSSR count). The van der Waals surface area contributed by atoms with Crippen molar-refractivity contribution in [2.45, 2.75) is 26.2 Å². The molecule has 1 saturated heterocycles. The van der Waals surface area contributed by atoms with Crippen molar-refractivity contribution in [3.63, 3.8) is 0 Å². The predicted octanol–water partition coefficient (Wildman–Crippen LogP) is -2.43. The van der Waals surface area contributed by atoms with Crippen molar-refractivity contribution in [3.8, 4) is 0 Å². The maximum Gasteiger partial charge on any atom is 1.00 e. The van der Waals surface area contributed by atoms with E-state index >= 15 is 0 Å². The molecule has 1 heterocycles. The predicted molar refractivity (Wildman–Crippen MR) is 44.3 cm³/mol. The molecule has 6 heteroatoms. The molecule has 13 heavy (non-hydrogen) atoms. The minimum Gasteiger partial charge on any atom is -0.735 e. The molecule has 1 aliphatic rings. The van der Waals surface area contributed by atoms with E-state index in [1.165, 1.54) is 0 Å². The average Bonchev–Trinajstić information content (AvgIpc) is 2.03. The molecule has 0 radical (unpaired) electrons. The van der Waals surface area contributed by atoms with Crippen molar-refractivity contribution in [3.05, 3.63) is 0 Å². The van der Waals surface area contributed by atoms with Gasteiger partial charge in [0.15, 0.2) is 10.3 Å². The molecular formula is C7H14NNaO3S. The summed E-state index contributed by atoms with van der Waals surface area (Å²) in [6.45, 7) is 2.84. The zero-order valence-corrected chi connectivity index (χ0v) is 11.0. The Kier molecular flexibility index (Phi) is 6.06. The topological polar surface area (TPSA) is 60.4 Å². The summed E-state index contributed by atoms with van der Waals surface area (Å²) in [6, 6.07) is 0. The molecule has 1 fully saturated rings. The molecular weight excluding hydrogens is 201 g/mol.